The predicted octanol–water partition coefficient (Wildman–Crippen LogP) is 3.86. The molecule has 0 atom stereocenters. The summed E-state index contributed by atoms with van der Waals surface area (Å²) < 4.78 is 9.64. The van der Waals surface area contributed by atoms with Crippen molar-refractivity contribution in [3.8, 4) is 0 Å². The summed E-state index contributed by atoms with van der Waals surface area (Å²) >= 11 is 0. The molecule has 5 nitrogen and oxygen atoms in total. The first-order valence-corrected chi connectivity index (χ1v) is 9.09. The van der Waals surface area contributed by atoms with Gasteiger partial charge in [0.2, 0.25) is 0 Å². The molecule has 23 heavy (non-hydrogen) atoms. The van der Waals surface area contributed by atoms with E-state index < -0.39 is 5.97 Å². The Morgan fingerprint density at radius 1 is 0.826 bits per heavy atom. The zero-order valence-electron chi connectivity index (χ0n) is 15.6. The van der Waals surface area contributed by atoms with Crippen LogP contribution < -0.4 is 5.32 Å². The van der Waals surface area contributed by atoms with E-state index in [-0.39, 0.29) is 0 Å². The van der Waals surface area contributed by atoms with Crippen LogP contribution in [0.2, 0.25) is 0 Å². The first-order valence-electron chi connectivity index (χ1n) is 9.09. The van der Waals surface area contributed by atoms with Crippen LogP contribution in [0.3, 0.4) is 0 Å². The second-order valence-electron chi connectivity index (χ2n) is 5.71. The van der Waals surface area contributed by atoms with Crippen molar-refractivity contribution in [3.63, 3.8) is 0 Å². The number of unbranched alkanes of at least 4 members (excludes halogenated alkanes) is 8. The fourth-order valence-electron chi connectivity index (χ4n) is 2.06. The topological polar surface area (TPSA) is 67.8 Å². The Bertz CT molecular complexity index is 219. The van der Waals surface area contributed by atoms with Crippen LogP contribution in [-0.2, 0) is 14.3 Å². The summed E-state index contributed by atoms with van der Waals surface area (Å²) in [7, 11) is 3.38. The molecule has 0 heterocycles. The van der Waals surface area contributed by atoms with Gasteiger partial charge in [-0.2, -0.15) is 0 Å². The number of hydrogen-bond acceptors (Lipinski definition) is 4. The van der Waals surface area contributed by atoms with E-state index in [0.717, 1.165) is 39.1 Å². The first kappa shape index (κ1) is 24.6. The van der Waals surface area contributed by atoms with Crippen LogP contribution in [-0.4, -0.2) is 51.6 Å². The van der Waals surface area contributed by atoms with Crippen LogP contribution in [0, 0.1) is 0 Å². The second kappa shape index (κ2) is 23.6. The number of hydrogen-bond donors (Lipinski definition) is 2. The van der Waals surface area contributed by atoms with Gasteiger partial charge in [0, 0.05) is 33.7 Å². The number of carboxylic acids is 1. The molecular formula is C18H39NO4. The lowest BCUT2D eigenvalue weighted by Gasteiger charge is -2.01. The molecule has 5 heteroatoms. The lowest BCUT2D eigenvalue weighted by molar-refractivity contribution is -0.137. The van der Waals surface area contributed by atoms with E-state index in [2.05, 4.69) is 12.2 Å². The van der Waals surface area contributed by atoms with Crippen LogP contribution in [0.1, 0.15) is 71.1 Å². The molecular weight excluding hydrogens is 294 g/mol. The number of carboxylic acid groups (broad SMARTS) is 1. The summed E-state index contributed by atoms with van der Waals surface area (Å²) in [6, 6.07) is 0. The molecule has 0 unspecified atom stereocenters. The van der Waals surface area contributed by atoms with Crippen molar-refractivity contribution in [2.75, 3.05) is 40.5 Å². The molecule has 0 saturated carbocycles. The third-order valence-corrected chi connectivity index (χ3v) is 3.46. The lowest BCUT2D eigenvalue weighted by Crippen LogP contribution is -2.23. The Hall–Kier alpha value is -0.650. The van der Waals surface area contributed by atoms with E-state index in [1.54, 1.807) is 14.2 Å². The van der Waals surface area contributed by atoms with E-state index in [1.165, 1.54) is 44.9 Å². The van der Waals surface area contributed by atoms with Gasteiger partial charge in [0.25, 0.3) is 0 Å². The molecule has 0 aliphatic heterocycles. The van der Waals surface area contributed by atoms with Crippen LogP contribution in [0.25, 0.3) is 0 Å². The number of nitrogens with one attached hydrogen (secondary N) is 1. The predicted molar refractivity (Wildman–Crippen MR) is 96.1 cm³/mol. The third kappa shape index (κ3) is 29.9. The van der Waals surface area contributed by atoms with Gasteiger partial charge in [-0.25, -0.2) is 0 Å². The van der Waals surface area contributed by atoms with Crippen LogP contribution in [0.5, 0.6) is 0 Å². The number of carbonyl (C=O) groups is 1. The summed E-state index contributed by atoms with van der Waals surface area (Å²) in [5.41, 5.74) is 0. The van der Waals surface area contributed by atoms with Crippen LogP contribution in [0.4, 0.5) is 0 Å². The highest BCUT2D eigenvalue weighted by Gasteiger charge is 1.96. The minimum absolute atomic E-state index is 0.343. The van der Waals surface area contributed by atoms with E-state index in [1.807, 2.05) is 0 Å². The van der Waals surface area contributed by atoms with Gasteiger partial charge in [-0.1, -0.05) is 58.3 Å². The molecule has 0 fully saturated rings. The Morgan fingerprint density at radius 2 is 1.26 bits per heavy atom. The highest BCUT2D eigenvalue weighted by atomic mass is 16.5. The highest BCUT2D eigenvalue weighted by molar-refractivity contribution is 5.66. The van der Waals surface area contributed by atoms with Gasteiger partial charge in [-0.15, -0.1) is 0 Å². The molecule has 0 aromatic heterocycles. The quantitative estimate of drug-likeness (QED) is 0.420. The molecule has 2 N–H and O–H groups in total. The van der Waals surface area contributed by atoms with Crippen molar-refractivity contribution in [3.05, 3.63) is 0 Å². The lowest BCUT2D eigenvalue weighted by atomic mass is 10.1. The first-order chi connectivity index (χ1) is 11.2. The average molecular weight is 334 g/mol. The maximum absolute atomic E-state index is 10.2. The molecule has 0 radical (unpaired) electrons. The summed E-state index contributed by atoms with van der Waals surface area (Å²) in [5.74, 6) is -0.659. The van der Waals surface area contributed by atoms with Crippen molar-refractivity contribution < 1.29 is 19.4 Å². The molecule has 140 valence electrons. The molecule has 0 aromatic carbocycles. The van der Waals surface area contributed by atoms with Crippen molar-refractivity contribution in [1.82, 2.24) is 5.32 Å². The summed E-state index contributed by atoms with van der Waals surface area (Å²) in [6.45, 7) is 5.57. The molecule has 0 saturated heterocycles. The molecule has 0 bridgehead atoms. The monoisotopic (exact) mass is 333 g/mol. The summed E-state index contributed by atoms with van der Waals surface area (Å²) in [5, 5.41) is 11.6. The molecule has 0 aromatic rings. The molecule has 0 spiro atoms. The molecule has 0 rings (SSSR count). The summed E-state index contributed by atoms with van der Waals surface area (Å²) in [6.07, 6.45) is 11.5. The van der Waals surface area contributed by atoms with Crippen molar-refractivity contribution in [2.45, 2.75) is 71.1 Å². The third-order valence-electron chi connectivity index (χ3n) is 3.46. The average Bonchev–Trinajstić information content (AvgIpc) is 2.54. The van der Waals surface area contributed by atoms with Crippen LogP contribution in [0.15, 0.2) is 0 Å². The largest absolute Gasteiger partial charge is 0.481 e. The Morgan fingerprint density at radius 3 is 1.65 bits per heavy atom. The van der Waals surface area contributed by atoms with E-state index in [4.69, 9.17) is 14.6 Å². The number of aliphatic carboxylic acids is 1. The van der Waals surface area contributed by atoms with Gasteiger partial charge < -0.3 is 19.9 Å². The van der Waals surface area contributed by atoms with E-state index in [0.29, 0.717) is 6.42 Å². The van der Waals surface area contributed by atoms with Crippen molar-refractivity contribution >= 4 is 5.97 Å². The maximum Gasteiger partial charge on any atom is 0.303 e. The smallest absolute Gasteiger partial charge is 0.303 e. The van der Waals surface area contributed by atoms with Gasteiger partial charge in [0.1, 0.15) is 0 Å². The zero-order valence-corrected chi connectivity index (χ0v) is 15.6. The number of methoxy groups -OCH3 is 2. The molecule has 0 amide bonds. The maximum atomic E-state index is 10.2. The fourth-order valence-corrected chi connectivity index (χ4v) is 2.06. The normalized spacial score (nSPS) is 10.2. The van der Waals surface area contributed by atoms with Gasteiger partial charge >= 0.3 is 5.97 Å². The Labute approximate surface area is 143 Å². The number of rotatable bonds is 16. The van der Waals surface area contributed by atoms with Gasteiger partial charge in [0.05, 0.1) is 13.2 Å². The minimum atomic E-state index is -0.659. The van der Waals surface area contributed by atoms with Crippen molar-refractivity contribution in [1.29, 1.82) is 0 Å². The zero-order chi connectivity index (χ0) is 17.6. The Kier molecular flexibility index (Phi) is 25.3. The number of ether oxygens (including phenoxy) is 2. The van der Waals surface area contributed by atoms with E-state index >= 15 is 0 Å². The van der Waals surface area contributed by atoms with Gasteiger partial charge in [-0.05, 0) is 6.42 Å². The fraction of sp³-hybridized carbons (Fsp3) is 0.944. The standard InChI is InChI=1S/C12H24O2.C6H15NO2/c1-2-3-4-5-6-7-8-9-10-11-12(13)14;1-8-5-3-7-4-6-9-2/h2-11H2,1H3,(H,13,14);7H,3-6H2,1-2H3. The highest BCUT2D eigenvalue weighted by Crippen LogP contribution is 2.10. The second-order valence-corrected chi connectivity index (χ2v) is 5.71. The van der Waals surface area contributed by atoms with Crippen molar-refractivity contribution in [2.24, 2.45) is 0 Å². The Balaban J connectivity index is 0. The SMILES string of the molecule is CCCCCCCCCCCC(=O)O.COCCNCCOC. The minimum Gasteiger partial charge on any atom is -0.481 e. The molecule has 0 aliphatic carbocycles. The van der Waals surface area contributed by atoms with Gasteiger partial charge in [0.15, 0.2) is 0 Å². The van der Waals surface area contributed by atoms with Crippen LogP contribution >= 0.6 is 0 Å². The van der Waals surface area contributed by atoms with E-state index in [9.17, 15) is 4.79 Å². The summed E-state index contributed by atoms with van der Waals surface area (Å²) in [4.78, 5) is 10.2. The molecule has 0 aliphatic rings. The van der Waals surface area contributed by atoms with Gasteiger partial charge in [-0.3, -0.25) is 4.79 Å².